The highest BCUT2D eigenvalue weighted by Gasteiger charge is 2.26. The Morgan fingerprint density at radius 2 is 2.12 bits per heavy atom. The molecule has 1 aliphatic rings. The van der Waals surface area contributed by atoms with Crippen molar-refractivity contribution < 1.29 is 4.74 Å². The molecule has 102 valence electrons. The summed E-state index contributed by atoms with van der Waals surface area (Å²) in [6, 6.07) is 0.546. The average Bonchev–Trinajstić information content (AvgIpc) is 2.39. The summed E-state index contributed by atoms with van der Waals surface area (Å²) in [6.45, 7) is 12.1. The normalized spacial score (nSPS) is 23.8. The number of unbranched alkanes of at least 4 members (excludes halogenated alkanes) is 1. The van der Waals surface area contributed by atoms with Crippen LogP contribution in [0.1, 0.15) is 46.5 Å². The second kappa shape index (κ2) is 8.90. The molecule has 3 nitrogen and oxygen atoms in total. The minimum absolute atomic E-state index is 0.391. The topological polar surface area (TPSA) is 24.5 Å². The van der Waals surface area contributed by atoms with Crippen molar-refractivity contribution in [2.45, 2.75) is 58.6 Å². The molecule has 1 rings (SSSR count). The van der Waals surface area contributed by atoms with Crippen LogP contribution in [0.5, 0.6) is 0 Å². The van der Waals surface area contributed by atoms with Gasteiger partial charge in [-0.3, -0.25) is 4.90 Å². The first-order valence-electron chi connectivity index (χ1n) is 7.39. The largest absolute Gasteiger partial charge is 0.374 e. The smallest absolute Gasteiger partial charge is 0.0855 e. The summed E-state index contributed by atoms with van der Waals surface area (Å²) in [5.41, 5.74) is 0. The summed E-state index contributed by atoms with van der Waals surface area (Å²) in [4.78, 5) is 2.50. The van der Waals surface area contributed by atoms with Gasteiger partial charge in [-0.2, -0.15) is 0 Å². The van der Waals surface area contributed by atoms with Crippen molar-refractivity contribution in [2.75, 3.05) is 32.8 Å². The molecule has 0 amide bonds. The molecule has 0 aromatic rings. The van der Waals surface area contributed by atoms with Crippen LogP contribution < -0.4 is 5.32 Å². The summed E-state index contributed by atoms with van der Waals surface area (Å²) >= 11 is 0. The highest BCUT2D eigenvalue weighted by Crippen LogP contribution is 2.13. The van der Waals surface area contributed by atoms with Crippen molar-refractivity contribution in [1.29, 1.82) is 0 Å². The van der Waals surface area contributed by atoms with Gasteiger partial charge >= 0.3 is 0 Å². The Kier molecular flexibility index (Phi) is 7.82. The van der Waals surface area contributed by atoms with Gasteiger partial charge in [0, 0.05) is 19.1 Å². The Hall–Kier alpha value is -0.120. The molecule has 3 heteroatoms. The van der Waals surface area contributed by atoms with Crippen molar-refractivity contribution in [2.24, 2.45) is 0 Å². The Morgan fingerprint density at radius 1 is 1.29 bits per heavy atom. The van der Waals surface area contributed by atoms with Crippen molar-refractivity contribution in [3.63, 3.8) is 0 Å². The maximum absolute atomic E-state index is 5.96. The van der Waals surface area contributed by atoms with Gasteiger partial charge in [0.05, 0.1) is 12.7 Å². The van der Waals surface area contributed by atoms with E-state index in [1.807, 2.05) is 0 Å². The van der Waals surface area contributed by atoms with Crippen molar-refractivity contribution in [3.8, 4) is 0 Å². The summed E-state index contributed by atoms with van der Waals surface area (Å²) in [5.74, 6) is 0. The first kappa shape index (κ1) is 14.9. The summed E-state index contributed by atoms with van der Waals surface area (Å²) < 4.78 is 5.96. The Balaban J connectivity index is 2.42. The van der Waals surface area contributed by atoms with Crippen LogP contribution in [0, 0.1) is 0 Å². The quantitative estimate of drug-likeness (QED) is 0.706. The SMILES string of the molecule is CCCCC(NCCC)C1CN(CC)CCO1. The monoisotopic (exact) mass is 242 g/mol. The van der Waals surface area contributed by atoms with Gasteiger partial charge in [-0.15, -0.1) is 0 Å². The van der Waals surface area contributed by atoms with Gasteiger partial charge in [0.15, 0.2) is 0 Å². The van der Waals surface area contributed by atoms with Gasteiger partial charge in [0.2, 0.25) is 0 Å². The highest BCUT2D eigenvalue weighted by molar-refractivity contribution is 4.82. The van der Waals surface area contributed by atoms with Gasteiger partial charge < -0.3 is 10.1 Å². The minimum Gasteiger partial charge on any atom is -0.374 e. The Bertz CT molecular complexity index is 179. The molecule has 1 aliphatic heterocycles. The highest BCUT2D eigenvalue weighted by atomic mass is 16.5. The molecule has 0 aromatic heterocycles. The van der Waals surface area contributed by atoms with Crippen LogP contribution in [-0.2, 0) is 4.74 Å². The first-order valence-corrected chi connectivity index (χ1v) is 7.39. The Labute approximate surface area is 107 Å². The molecular weight excluding hydrogens is 212 g/mol. The second-order valence-electron chi connectivity index (χ2n) is 5.01. The fourth-order valence-electron chi connectivity index (χ4n) is 2.44. The van der Waals surface area contributed by atoms with E-state index in [1.54, 1.807) is 0 Å². The van der Waals surface area contributed by atoms with E-state index < -0.39 is 0 Å². The van der Waals surface area contributed by atoms with E-state index in [-0.39, 0.29) is 0 Å². The van der Waals surface area contributed by atoms with E-state index >= 15 is 0 Å². The van der Waals surface area contributed by atoms with E-state index in [1.165, 1.54) is 25.7 Å². The average molecular weight is 242 g/mol. The number of nitrogens with one attached hydrogen (secondary N) is 1. The summed E-state index contributed by atoms with van der Waals surface area (Å²) in [6.07, 6.45) is 5.41. The molecule has 0 aliphatic carbocycles. The summed E-state index contributed by atoms with van der Waals surface area (Å²) in [5, 5.41) is 3.67. The number of rotatable bonds is 8. The lowest BCUT2D eigenvalue weighted by molar-refractivity contribution is -0.0464. The zero-order valence-corrected chi connectivity index (χ0v) is 11.9. The molecule has 0 aromatic carbocycles. The maximum atomic E-state index is 5.96. The molecule has 17 heavy (non-hydrogen) atoms. The third-order valence-corrected chi connectivity index (χ3v) is 3.60. The molecule has 2 atom stereocenters. The molecular formula is C14H30N2O. The predicted molar refractivity (Wildman–Crippen MR) is 73.5 cm³/mol. The molecule has 1 heterocycles. The molecule has 0 spiro atoms. The minimum atomic E-state index is 0.391. The molecule has 1 saturated heterocycles. The number of morpholine rings is 1. The number of hydrogen-bond acceptors (Lipinski definition) is 3. The van der Waals surface area contributed by atoms with E-state index in [0.717, 1.165) is 32.8 Å². The van der Waals surface area contributed by atoms with Crippen molar-refractivity contribution in [3.05, 3.63) is 0 Å². The third-order valence-electron chi connectivity index (χ3n) is 3.60. The van der Waals surface area contributed by atoms with Crippen molar-refractivity contribution >= 4 is 0 Å². The second-order valence-corrected chi connectivity index (χ2v) is 5.01. The summed E-state index contributed by atoms with van der Waals surface area (Å²) in [7, 11) is 0. The predicted octanol–water partition coefficient (Wildman–Crippen LogP) is 2.27. The van der Waals surface area contributed by atoms with Crippen molar-refractivity contribution in [1.82, 2.24) is 10.2 Å². The van der Waals surface area contributed by atoms with E-state index in [4.69, 9.17) is 4.74 Å². The van der Waals surface area contributed by atoms with Gasteiger partial charge in [0.1, 0.15) is 0 Å². The van der Waals surface area contributed by atoms with Crippen LogP contribution in [0.4, 0.5) is 0 Å². The zero-order chi connectivity index (χ0) is 12.5. The lowest BCUT2D eigenvalue weighted by Crippen LogP contribution is -2.52. The van der Waals surface area contributed by atoms with E-state index in [2.05, 4.69) is 31.0 Å². The van der Waals surface area contributed by atoms with Crippen LogP contribution in [0.2, 0.25) is 0 Å². The van der Waals surface area contributed by atoms with Crippen LogP contribution in [0.15, 0.2) is 0 Å². The fraction of sp³-hybridized carbons (Fsp3) is 1.00. The maximum Gasteiger partial charge on any atom is 0.0855 e. The zero-order valence-electron chi connectivity index (χ0n) is 11.9. The molecule has 1 N–H and O–H groups in total. The third kappa shape index (κ3) is 5.36. The molecule has 0 radical (unpaired) electrons. The van der Waals surface area contributed by atoms with Gasteiger partial charge in [-0.05, 0) is 25.9 Å². The number of ether oxygens (including phenoxy) is 1. The molecule has 1 fully saturated rings. The lowest BCUT2D eigenvalue weighted by atomic mass is 10.0. The van der Waals surface area contributed by atoms with Crippen LogP contribution in [-0.4, -0.2) is 49.8 Å². The van der Waals surface area contributed by atoms with Gasteiger partial charge in [-0.25, -0.2) is 0 Å². The van der Waals surface area contributed by atoms with Crippen LogP contribution in [0.3, 0.4) is 0 Å². The van der Waals surface area contributed by atoms with Gasteiger partial charge in [0.25, 0.3) is 0 Å². The van der Waals surface area contributed by atoms with Crippen LogP contribution >= 0.6 is 0 Å². The fourth-order valence-corrected chi connectivity index (χ4v) is 2.44. The Morgan fingerprint density at radius 3 is 2.76 bits per heavy atom. The number of hydrogen-bond donors (Lipinski definition) is 1. The van der Waals surface area contributed by atoms with E-state index in [0.29, 0.717) is 12.1 Å². The van der Waals surface area contributed by atoms with Gasteiger partial charge in [-0.1, -0.05) is 33.6 Å². The number of likely N-dealkylation sites (N-methyl/N-ethyl adjacent to an activating group) is 1. The first-order chi connectivity index (χ1) is 8.31. The molecule has 0 bridgehead atoms. The molecule has 2 unspecified atom stereocenters. The molecule has 0 saturated carbocycles. The van der Waals surface area contributed by atoms with Crippen LogP contribution in [0.25, 0.3) is 0 Å². The van der Waals surface area contributed by atoms with E-state index in [9.17, 15) is 0 Å². The number of nitrogens with zero attached hydrogens (tertiary/aromatic N) is 1. The lowest BCUT2D eigenvalue weighted by Gasteiger charge is -2.37. The standard InChI is InChI=1S/C14H30N2O/c1-4-7-8-13(15-9-5-2)14-12-16(6-3)10-11-17-14/h13-15H,4-12H2,1-3H3.